The van der Waals surface area contributed by atoms with Gasteiger partial charge in [0.05, 0.1) is 5.75 Å². The first-order chi connectivity index (χ1) is 7.29. The van der Waals surface area contributed by atoms with Gasteiger partial charge in [0, 0.05) is 19.1 Å². The van der Waals surface area contributed by atoms with Crippen LogP contribution in [0.1, 0.15) is 26.7 Å². The van der Waals surface area contributed by atoms with Crippen LogP contribution < -0.4 is 5.73 Å². The number of allylic oxidation sites excluding steroid dienone is 1. The Balaban J connectivity index is 0.00000256. The van der Waals surface area contributed by atoms with E-state index in [0.29, 0.717) is 19.5 Å². The van der Waals surface area contributed by atoms with E-state index in [1.54, 1.807) is 10.4 Å². The number of piperidine rings is 1. The standard InChI is InChI=1S/C11H22N2O2S.ClH/c1-4-5-8-16(14,15)13-7-6-10(12)11(2,3)9-13;/h4,10H,1,5-9,12H2,2-3H3;1H. The number of nitrogens with two attached hydrogens (primary N) is 1. The van der Waals surface area contributed by atoms with Crippen LogP contribution >= 0.6 is 12.4 Å². The molecule has 1 fully saturated rings. The molecule has 4 nitrogen and oxygen atoms in total. The summed E-state index contributed by atoms with van der Waals surface area (Å²) >= 11 is 0. The molecule has 0 bridgehead atoms. The number of rotatable bonds is 4. The summed E-state index contributed by atoms with van der Waals surface area (Å²) in [4.78, 5) is 0. The van der Waals surface area contributed by atoms with Gasteiger partial charge in [-0.1, -0.05) is 19.9 Å². The Morgan fingerprint density at radius 2 is 2.12 bits per heavy atom. The Hall–Kier alpha value is -0.100. The minimum Gasteiger partial charge on any atom is -0.327 e. The van der Waals surface area contributed by atoms with Crippen molar-refractivity contribution >= 4 is 22.4 Å². The molecule has 0 aromatic rings. The van der Waals surface area contributed by atoms with Gasteiger partial charge in [-0.15, -0.1) is 19.0 Å². The Morgan fingerprint density at radius 1 is 1.53 bits per heavy atom. The van der Waals surface area contributed by atoms with E-state index in [4.69, 9.17) is 5.73 Å². The summed E-state index contributed by atoms with van der Waals surface area (Å²) in [7, 11) is -3.13. The third kappa shape index (κ3) is 4.25. The molecule has 102 valence electrons. The van der Waals surface area contributed by atoms with Gasteiger partial charge in [-0.05, 0) is 18.3 Å². The van der Waals surface area contributed by atoms with Crippen molar-refractivity contribution in [3.05, 3.63) is 12.7 Å². The van der Waals surface area contributed by atoms with E-state index in [2.05, 4.69) is 6.58 Å². The van der Waals surface area contributed by atoms with E-state index < -0.39 is 10.0 Å². The number of sulfonamides is 1. The molecule has 6 heteroatoms. The van der Waals surface area contributed by atoms with Crippen LogP contribution in [0.2, 0.25) is 0 Å². The van der Waals surface area contributed by atoms with Gasteiger partial charge in [0.25, 0.3) is 0 Å². The Bertz CT molecular complexity index is 354. The highest BCUT2D eigenvalue weighted by Crippen LogP contribution is 2.29. The molecule has 1 unspecified atom stereocenters. The minimum atomic E-state index is -3.13. The highest BCUT2D eigenvalue weighted by Gasteiger charge is 2.37. The maximum Gasteiger partial charge on any atom is 0.214 e. The van der Waals surface area contributed by atoms with E-state index >= 15 is 0 Å². The van der Waals surface area contributed by atoms with Crippen molar-refractivity contribution < 1.29 is 8.42 Å². The topological polar surface area (TPSA) is 63.4 Å². The number of halogens is 1. The predicted molar refractivity (Wildman–Crippen MR) is 73.8 cm³/mol. The molecule has 0 aliphatic carbocycles. The second-order valence-corrected chi connectivity index (χ2v) is 7.20. The molecule has 1 aliphatic heterocycles. The lowest BCUT2D eigenvalue weighted by Gasteiger charge is -2.41. The van der Waals surface area contributed by atoms with Crippen molar-refractivity contribution in [2.24, 2.45) is 11.1 Å². The largest absolute Gasteiger partial charge is 0.327 e. The molecule has 17 heavy (non-hydrogen) atoms. The van der Waals surface area contributed by atoms with Crippen molar-refractivity contribution in [1.82, 2.24) is 4.31 Å². The van der Waals surface area contributed by atoms with E-state index in [0.717, 1.165) is 6.42 Å². The van der Waals surface area contributed by atoms with E-state index in [9.17, 15) is 8.42 Å². The van der Waals surface area contributed by atoms with Crippen molar-refractivity contribution in [2.45, 2.75) is 32.7 Å². The van der Waals surface area contributed by atoms with Crippen LogP contribution in [0, 0.1) is 5.41 Å². The van der Waals surface area contributed by atoms with Crippen LogP contribution in [-0.2, 0) is 10.0 Å². The number of hydrogen-bond donors (Lipinski definition) is 1. The maximum atomic E-state index is 12.0. The predicted octanol–water partition coefficient (Wildman–Crippen LogP) is 1.37. The fraction of sp³-hybridized carbons (Fsp3) is 0.818. The van der Waals surface area contributed by atoms with Gasteiger partial charge >= 0.3 is 0 Å². The first-order valence-electron chi connectivity index (χ1n) is 5.64. The smallest absolute Gasteiger partial charge is 0.214 e. The van der Waals surface area contributed by atoms with Gasteiger partial charge < -0.3 is 5.73 Å². The third-order valence-electron chi connectivity index (χ3n) is 3.25. The molecule has 1 saturated heterocycles. The quantitative estimate of drug-likeness (QED) is 0.792. The van der Waals surface area contributed by atoms with E-state index in [1.807, 2.05) is 13.8 Å². The molecule has 0 radical (unpaired) electrons. The molecular formula is C11H23ClN2O2S. The minimum absolute atomic E-state index is 0. The Kier molecular flexibility index (Phi) is 6.14. The SMILES string of the molecule is C=CCCS(=O)(=O)N1CCC(N)C(C)(C)C1.Cl. The van der Waals surface area contributed by atoms with Gasteiger partial charge in [0.15, 0.2) is 0 Å². The Morgan fingerprint density at radius 3 is 2.59 bits per heavy atom. The molecule has 1 atom stereocenters. The molecule has 2 N–H and O–H groups in total. The van der Waals surface area contributed by atoms with Crippen LogP contribution in [0.15, 0.2) is 12.7 Å². The average molecular weight is 283 g/mol. The monoisotopic (exact) mass is 282 g/mol. The number of hydrogen-bond acceptors (Lipinski definition) is 3. The van der Waals surface area contributed by atoms with Crippen LogP contribution in [0.5, 0.6) is 0 Å². The molecule has 0 saturated carbocycles. The fourth-order valence-corrected chi connectivity index (χ4v) is 3.56. The van der Waals surface area contributed by atoms with Crippen molar-refractivity contribution in [3.63, 3.8) is 0 Å². The van der Waals surface area contributed by atoms with Gasteiger partial charge in [0.2, 0.25) is 10.0 Å². The highest BCUT2D eigenvalue weighted by atomic mass is 35.5. The molecule has 0 spiro atoms. The number of nitrogens with zero attached hydrogens (tertiary/aromatic N) is 1. The second-order valence-electron chi connectivity index (χ2n) is 5.11. The van der Waals surface area contributed by atoms with Gasteiger partial charge in [-0.25, -0.2) is 12.7 Å². The van der Waals surface area contributed by atoms with Crippen LogP contribution in [0.25, 0.3) is 0 Å². The lowest BCUT2D eigenvalue weighted by atomic mass is 9.81. The first kappa shape index (κ1) is 16.9. The summed E-state index contributed by atoms with van der Waals surface area (Å²) in [6.07, 6.45) is 2.88. The zero-order valence-electron chi connectivity index (χ0n) is 10.6. The molecule has 0 aromatic carbocycles. The van der Waals surface area contributed by atoms with E-state index in [1.165, 1.54) is 0 Å². The molecule has 1 rings (SSSR count). The van der Waals surface area contributed by atoms with Crippen molar-refractivity contribution in [2.75, 3.05) is 18.8 Å². The summed E-state index contributed by atoms with van der Waals surface area (Å²) in [5, 5.41) is 0. The third-order valence-corrected chi connectivity index (χ3v) is 5.10. The highest BCUT2D eigenvalue weighted by molar-refractivity contribution is 7.89. The molecular weight excluding hydrogens is 260 g/mol. The van der Waals surface area contributed by atoms with E-state index in [-0.39, 0.29) is 29.6 Å². The lowest BCUT2D eigenvalue weighted by Crippen LogP contribution is -2.54. The fourth-order valence-electron chi connectivity index (χ4n) is 1.92. The van der Waals surface area contributed by atoms with Gasteiger partial charge in [-0.3, -0.25) is 0 Å². The normalized spacial score (nSPS) is 25.0. The van der Waals surface area contributed by atoms with Gasteiger partial charge in [0.1, 0.15) is 0 Å². The summed E-state index contributed by atoms with van der Waals surface area (Å²) in [6, 6.07) is 0.0818. The Labute approximate surface area is 111 Å². The van der Waals surface area contributed by atoms with Crippen LogP contribution in [-0.4, -0.2) is 37.6 Å². The zero-order chi connectivity index (χ0) is 12.4. The second kappa shape index (κ2) is 6.18. The zero-order valence-corrected chi connectivity index (χ0v) is 12.2. The molecule has 0 aromatic heterocycles. The maximum absolute atomic E-state index is 12.0. The van der Waals surface area contributed by atoms with Gasteiger partial charge in [-0.2, -0.15) is 0 Å². The first-order valence-corrected chi connectivity index (χ1v) is 7.25. The summed E-state index contributed by atoms with van der Waals surface area (Å²) < 4.78 is 25.5. The summed E-state index contributed by atoms with van der Waals surface area (Å²) in [5.41, 5.74) is 5.84. The van der Waals surface area contributed by atoms with Crippen LogP contribution in [0.4, 0.5) is 0 Å². The summed E-state index contributed by atoms with van der Waals surface area (Å²) in [6.45, 7) is 8.66. The lowest BCUT2D eigenvalue weighted by molar-refractivity contribution is 0.155. The molecule has 1 aliphatic rings. The van der Waals surface area contributed by atoms with Crippen molar-refractivity contribution in [1.29, 1.82) is 0 Å². The van der Waals surface area contributed by atoms with Crippen LogP contribution in [0.3, 0.4) is 0 Å². The summed E-state index contributed by atoms with van der Waals surface area (Å²) in [5.74, 6) is 0.155. The molecule has 0 amide bonds. The molecule has 1 heterocycles. The average Bonchev–Trinajstić information content (AvgIpc) is 2.19. The van der Waals surface area contributed by atoms with Crippen molar-refractivity contribution in [3.8, 4) is 0 Å².